The monoisotopic (exact) mass is 423 g/mol. The molecular weight excluding hydrogens is 393 g/mol. The molecule has 0 atom stereocenters. The van der Waals surface area contributed by atoms with Crippen molar-refractivity contribution in [2.45, 2.75) is 46.1 Å². The lowest BCUT2D eigenvalue weighted by atomic mass is 10.1. The molecule has 0 aromatic carbocycles. The zero-order valence-electron chi connectivity index (χ0n) is 14.3. The molecule has 0 spiro atoms. The number of H-pyrrole nitrogens is 1. The lowest BCUT2D eigenvalue weighted by Crippen LogP contribution is -2.39. The van der Waals surface area contributed by atoms with Crippen molar-refractivity contribution < 1.29 is 4.74 Å². The van der Waals surface area contributed by atoms with E-state index in [2.05, 4.69) is 32.7 Å². The number of aliphatic imine (C=N–C) groups is 1. The van der Waals surface area contributed by atoms with E-state index in [0.717, 1.165) is 37.6 Å². The summed E-state index contributed by atoms with van der Waals surface area (Å²) in [5, 5.41) is 13.6. The second-order valence-corrected chi connectivity index (χ2v) is 5.71. The Hall–Kier alpha value is -0.830. The van der Waals surface area contributed by atoms with Gasteiger partial charge in [0.05, 0.1) is 18.3 Å². The molecular formula is C15H30IN5O. The number of ether oxygens (including phenoxy) is 1. The number of nitrogens with zero attached hydrogens (tertiary/aromatic N) is 2. The fourth-order valence-electron chi connectivity index (χ4n) is 1.79. The van der Waals surface area contributed by atoms with Crippen molar-refractivity contribution in [3.8, 4) is 0 Å². The maximum Gasteiger partial charge on any atom is 0.191 e. The van der Waals surface area contributed by atoms with Gasteiger partial charge in [0, 0.05) is 25.9 Å². The van der Waals surface area contributed by atoms with Gasteiger partial charge in [-0.2, -0.15) is 5.10 Å². The molecule has 1 aromatic rings. The number of aromatic amines is 1. The minimum atomic E-state index is -0.240. The lowest BCUT2D eigenvalue weighted by molar-refractivity contribution is 0.0310. The van der Waals surface area contributed by atoms with Gasteiger partial charge < -0.3 is 15.4 Å². The van der Waals surface area contributed by atoms with Gasteiger partial charge in [-0.1, -0.05) is 0 Å². The molecule has 0 radical (unpaired) electrons. The summed E-state index contributed by atoms with van der Waals surface area (Å²) in [4.78, 5) is 4.56. The molecule has 0 fully saturated rings. The molecule has 0 saturated heterocycles. The van der Waals surface area contributed by atoms with Gasteiger partial charge in [-0.15, -0.1) is 24.0 Å². The van der Waals surface area contributed by atoms with E-state index >= 15 is 0 Å². The fourth-order valence-corrected chi connectivity index (χ4v) is 1.79. The van der Waals surface area contributed by atoms with Crippen LogP contribution in [0.4, 0.5) is 0 Å². The van der Waals surface area contributed by atoms with E-state index in [9.17, 15) is 0 Å². The quantitative estimate of drug-likeness (QED) is 0.260. The predicted molar refractivity (Wildman–Crippen MR) is 102 cm³/mol. The number of hydrogen-bond donors (Lipinski definition) is 3. The predicted octanol–water partition coefficient (Wildman–Crippen LogP) is 2.25. The second-order valence-electron chi connectivity index (χ2n) is 5.71. The van der Waals surface area contributed by atoms with Crippen LogP contribution in [-0.4, -0.2) is 48.5 Å². The molecule has 0 saturated carbocycles. The van der Waals surface area contributed by atoms with Crippen LogP contribution in [0, 0.1) is 6.92 Å². The van der Waals surface area contributed by atoms with Crippen LogP contribution in [0.1, 0.15) is 38.4 Å². The Balaban J connectivity index is 0.00000441. The molecule has 128 valence electrons. The van der Waals surface area contributed by atoms with Crippen molar-refractivity contribution in [1.82, 2.24) is 20.8 Å². The Morgan fingerprint density at radius 1 is 1.41 bits per heavy atom. The highest BCUT2D eigenvalue weighted by Gasteiger charge is 2.15. The number of guanidine groups is 1. The Bertz CT molecular complexity index is 445. The SMILES string of the molecule is CCNC(=NCC(C)(C)OC)NCCCc1cn[nH]c1C.I. The van der Waals surface area contributed by atoms with Gasteiger partial charge in [-0.05, 0) is 46.1 Å². The Labute approximate surface area is 150 Å². The van der Waals surface area contributed by atoms with Crippen molar-refractivity contribution in [3.63, 3.8) is 0 Å². The molecule has 3 N–H and O–H groups in total. The van der Waals surface area contributed by atoms with Crippen LogP contribution in [0.15, 0.2) is 11.2 Å². The molecule has 1 aromatic heterocycles. The first-order valence-electron chi connectivity index (χ1n) is 7.54. The number of halogens is 1. The molecule has 0 aliphatic heterocycles. The molecule has 6 nitrogen and oxygen atoms in total. The number of rotatable bonds is 8. The van der Waals surface area contributed by atoms with E-state index in [1.807, 2.05) is 27.0 Å². The minimum absolute atomic E-state index is 0. The van der Waals surface area contributed by atoms with Gasteiger partial charge in [0.2, 0.25) is 0 Å². The molecule has 1 rings (SSSR count). The van der Waals surface area contributed by atoms with Crippen LogP contribution >= 0.6 is 24.0 Å². The number of hydrogen-bond acceptors (Lipinski definition) is 3. The number of aromatic nitrogens is 2. The third-order valence-electron chi connectivity index (χ3n) is 3.36. The van der Waals surface area contributed by atoms with E-state index in [4.69, 9.17) is 4.74 Å². The summed E-state index contributed by atoms with van der Waals surface area (Å²) >= 11 is 0. The summed E-state index contributed by atoms with van der Waals surface area (Å²) in [6.45, 7) is 10.5. The molecule has 0 amide bonds. The van der Waals surface area contributed by atoms with E-state index in [-0.39, 0.29) is 29.6 Å². The van der Waals surface area contributed by atoms with Gasteiger partial charge >= 0.3 is 0 Å². The highest BCUT2D eigenvalue weighted by atomic mass is 127. The normalized spacial score (nSPS) is 12.0. The van der Waals surface area contributed by atoms with Gasteiger partial charge in [0.25, 0.3) is 0 Å². The maximum atomic E-state index is 5.38. The van der Waals surface area contributed by atoms with Crippen molar-refractivity contribution in [1.29, 1.82) is 0 Å². The summed E-state index contributed by atoms with van der Waals surface area (Å²) in [6.07, 6.45) is 3.95. The fraction of sp³-hybridized carbons (Fsp3) is 0.733. The zero-order chi connectivity index (χ0) is 15.7. The van der Waals surface area contributed by atoms with Gasteiger partial charge in [0.15, 0.2) is 5.96 Å². The summed E-state index contributed by atoms with van der Waals surface area (Å²) in [6, 6.07) is 0. The van der Waals surface area contributed by atoms with Crippen LogP contribution in [0.5, 0.6) is 0 Å². The molecule has 0 unspecified atom stereocenters. The average Bonchev–Trinajstić information content (AvgIpc) is 2.86. The van der Waals surface area contributed by atoms with E-state index in [1.165, 1.54) is 5.56 Å². The maximum absolute atomic E-state index is 5.38. The van der Waals surface area contributed by atoms with Gasteiger partial charge in [0.1, 0.15) is 0 Å². The van der Waals surface area contributed by atoms with Crippen molar-refractivity contribution in [3.05, 3.63) is 17.5 Å². The molecule has 0 aliphatic rings. The Morgan fingerprint density at radius 2 is 2.14 bits per heavy atom. The topological polar surface area (TPSA) is 74.3 Å². The average molecular weight is 423 g/mol. The molecule has 0 bridgehead atoms. The third-order valence-corrected chi connectivity index (χ3v) is 3.36. The highest BCUT2D eigenvalue weighted by molar-refractivity contribution is 14.0. The number of methoxy groups -OCH3 is 1. The molecule has 1 heterocycles. The molecule has 0 aliphatic carbocycles. The Kier molecular flexibility index (Phi) is 10.4. The van der Waals surface area contributed by atoms with Crippen LogP contribution in [0.3, 0.4) is 0 Å². The third kappa shape index (κ3) is 7.98. The van der Waals surface area contributed by atoms with Crippen LogP contribution < -0.4 is 10.6 Å². The van der Waals surface area contributed by atoms with E-state index in [0.29, 0.717) is 6.54 Å². The standard InChI is InChI=1S/C15H29N5O.HI/c1-6-16-14(18-11-15(3,4)21-5)17-9-7-8-13-10-19-20-12(13)2;/h10H,6-9,11H2,1-5H3,(H,19,20)(H2,16,17,18);1H. The smallest absolute Gasteiger partial charge is 0.191 e. The van der Waals surface area contributed by atoms with E-state index in [1.54, 1.807) is 7.11 Å². The first-order valence-corrected chi connectivity index (χ1v) is 7.54. The Morgan fingerprint density at radius 3 is 2.68 bits per heavy atom. The van der Waals surface area contributed by atoms with Crippen LogP contribution in [-0.2, 0) is 11.2 Å². The summed E-state index contributed by atoms with van der Waals surface area (Å²) in [7, 11) is 1.71. The van der Waals surface area contributed by atoms with Gasteiger partial charge in [-0.3, -0.25) is 10.1 Å². The largest absolute Gasteiger partial charge is 0.377 e. The number of aryl methyl sites for hydroxylation is 2. The summed E-state index contributed by atoms with van der Waals surface area (Å²) < 4.78 is 5.38. The second kappa shape index (κ2) is 10.8. The van der Waals surface area contributed by atoms with Crippen molar-refractivity contribution >= 4 is 29.9 Å². The van der Waals surface area contributed by atoms with Crippen molar-refractivity contribution in [2.24, 2.45) is 4.99 Å². The number of nitrogens with one attached hydrogen (secondary N) is 3. The highest BCUT2D eigenvalue weighted by Crippen LogP contribution is 2.07. The van der Waals surface area contributed by atoms with Gasteiger partial charge in [-0.25, -0.2) is 0 Å². The zero-order valence-corrected chi connectivity index (χ0v) is 16.7. The van der Waals surface area contributed by atoms with Crippen molar-refractivity contribution in [2.75, 3.05) is 26.7 Å². The minimum Gasteiger partial charge on any atom is -0.377 e. The van der Waals surface area contributed by atoms with E-state index < -0.39 is 0 Å². The first-order chi connectivity index (χ1) is 9.98. The first kappa shape index (κ1) is 21.2. The van der Waals surface area contributed by atoms with Crippen LogP contribution in [0.2, 0.25) is 0 Å². The molecule has 7 heteroatoms. The summed E-state index contributed by atoms with van der Waals surface area (Å²) in [5.74, 6) is 0.839. The van der Waals surface area contributed by atoms with Crippen LogP contribution in [0.25, 0.3) is 0 Å². The summed E-state index contributed by atoms with van der Waals surface area (Å²) in [5.41, 5.74) is 2.19. The lowest BCUT2D eigenvalue weighted by Gasteiger charge is -2.21. The molecule has 22 heavy (non-hydrogen) atoms.